The second-order valence-corrected chi connectivity index (χ2v) is 6.92. The third-order valence-electron chi connectivity index (χ3n) is 4.90. The molecule has 0 radical (unpaired) electrons. The minimum atomic E-state index is -0.0258. The molecule has 0 spiro atoms. The van der Waals surface area contributed by atoms with Gasteiger partial charge in [0.1, 0.15) is 5.69 Å². The van der Waals surface area contributed by atoms with Gasteiger partial charge in [0.2, 0.25) is 0 Å². The molecular weight excluding hydrogens is 306 g/mol. The second kappa shape index (κ2) is 4.93. The summed E-state index contributed by atoms with van der Waals surface area (Å²) in [6.07, 6.45) is 7.08. The van der Waals surface area contributed by atoms with Crippen LogP contribution in [0.5, 0.6) is 0 Å². The molecule has 0 aliphatic heterocycles. The molecule has 0 unspecified atom stereocenters. The van der Waals surface area contributed by atoms with Crippen molar-refractivity contribution in [2.45, 2.75) is 38.6 Å². The number of nitrogens with zero attached hydrogens (tertiary/aromatic N) is 2. The number of aromatic nitrogens is 2. The molecule has 104 valence electrons. The minimum absolute atomic E-state index is 0.0258. The van der Waals surface area contributed by atoms with Gasteiger partial charge in [-0.2, -0.15) is 5.10 Å². The van der Waals surface area contributed by atoms with Crippen LogP contribution in [0.25, 0.3) is 0 Å². The second-order valence-electron chi connectivity index (χ2n) is 6.07. The van der Waals surface area contributed by atoms with Gasteiger partial charge in [0, 0.05) is 13.1 Å². The fourth-order valence-electron chi connectivity index (χ4n) is 3.95. The molecule has 19 heavy (non-hydrogen) atoms. The minimum Gasteiger partial charge on any atom is -0.348 e. The molecule has 0 saturated heterocycles. The Balaban J connectivity index is 1.67. The highest BCUT2D eigenvalue weighted by molar-refractivity contribution is 9.10. The number of hydrogen-bond acceptors (Lipinski definition) is 2. The zero-order valence-corrected chi connectivity index (χ0v) is 13.0. The third kappa shape index (κ3) is 2.33. The van der Waals surface area contributed by atoms with Gasteiger partial charge in [-0.3, -0.25) is 9.48 Å². The van der Waals surface area contributed by atoms with E-state index in [1.54, 1.807) is 17.9 Å². The lowest BCUT2D eigenvalue weighted by atomic mass is 9.84. The molecule has 2 aliphatic rings. The van der Waals surface area contributed by atoms with Gasteiger partial charge in [0.05, 0.1) is 10.7 Å². The van der Waals surface area contributed by atoms with Crippen LogP contribution in [0.4, 0.5) is 0 Å². The summed E-state index contributed by atoms with van der Waals surface area (Å²) < 4.78 is 2.38. The molecule has 1 N–H and O–H groups in total. The normalized spacial score (nSPS) is 30.6. The first-order chi connectivity index (χ1) is 9.06. The summed E-state index contributed by atoms with van der Waals surface area (Å²) >= 11 is 3.38. The molecule has 0 aromatic carbocycles. The number of nitrogens with one attached hydrogen (secondary N) is 1. The quantitative estimate of drug-likeness (QED) is 0.928. The van der Waals surface area contributed by atoms with E-state index >= 15 is 0 Å². The van der Waals surface area contributed by atoms with Gasteiger partial charge in [-0.1, -0.05) is 6.42 Å². The van der Waals surface area contributed by atoms with Crippen LogP contribution in [0, 0.1) is 17.8 Å². The van der Waals surface area contributed by atoms with Crippen molar-refractivity contribution in [3.8, 4) is 0 Å². The van der Waals surface area contributed by atoms with Crippen LogP contribution in [-0.4, -0.2) is 21.7 Å². The van der Waals surface area contributed by atoms with E-state index in [2.05, 4.69) is 33.3 Å². The molecule has 4 nitrogen and oxygen atoms in total. The highest BCUT2D eigenvalue weighted by Crippen LogP contribution is 2.49. The van der Waals surface area contributed by atoms with E-state index in [9.17, 15) is 4.79 Å². The molecule has 2 saturated carbocycles. The first kappa shape index (κ1) is 13.2. The Morgan fingerprint density at radius 3 is 2.84 bits per heavy atom. The smallest absolute Gasteiger partial charge is 0.270 e. The third-order valence-corrected chi connectivity index (χ3v) is 5.48. The first-order valence-corrected chi connectivity index (χ1v) is 7.84. The Bertz CT molecular complexity index is 479. The fraction of sp³-hybridized carbons (Fsp3) is 0.714. The zero-order chi connectivity index (χ0) is 13.6. The summed E-state index contributed by atoms with van der Waals surface area (Å²) in [4.78, 5) is 12.3. The van der Waals surface area contributed by atoms with E-state index in [0.717, 1.165) is 16.3 Å². The van der Waals surface area contributed by atoms with Crippen LogP contribution >= 0.6 is 15.9 Å². The molecule has 5 heteroatoms. The van der Waals surface area contributed by atoms with Gasteiger partial charge in [-0.15, -0.1) is 0 Å². The lowest BCUT2D eigenvalue weighted by molar-refractivity contribution is 0.0905. The summed E-state index contributed by atoms with van der Waals surface area (Å²) in [7, 11) is 1.79. The Labute approximate surface area is 122 Å². The molecule has 2 fully saturated rings. The average Bonchev–Trinajstić information content (AvgIpc) is 3.05. The lowest BCUT2D eigenvalue weighted by Crippen LogP contribution is -2.40. The highest BCUT2D eigenvalue weighted by Gasteiger charge is 2.42. The maximum Gasteiger partial charge on any atom is 0.270 e. The largest absolute Gasteiger partial charge is 0.348 e. The average molecular weight is 326 g/mol. The van der Waals surface area contributed by atoms with E-state index < -0.39 is 0 Å². The van der Waals surface area contributed by atoms with Gasteiger partial charge in [-0.05, 0) is 59.9 Å². The molecular formula is C14H20BrN3O. The Kier molecular flexibility index (Phi) is 3.41. The van der Waals surface area contributed by atoms with Crippen molar-refractivity contribution in [2.24, 2.45) is 24.8 Å². The van der Waals surface area contributed by atoms with Gasteiger partial charge in [0.25, 0.3) is 5.91 Å². The number of halogens is 1. The monoisotopic (exact) mass is 325 g/mol. The summed E-state index contributed by atoms with van der Waals surface area (Å²) in [6, 6.07) is 0.254. The van der Waals surface area contributed by atoms with Crippen LogP contribution < -0.4 is 5.32 Å². The Hall–Kier alpha value is -0.840. The van der Waals surface area contributed by atoms with E-state index in [4.69, 9.17) is 0 Å². The van der Waals surface area contributed by atoms with Crippen LogP contribution in [0.3, 0.4) is 0 Å². The number of fused-ring (bicyclic) bond motifs is 2. The predicted molar refractivity (Wildman–Crippen MR) is 76.8 cm³/mol. The number of amides is 1. The molecule has 1 aromatic heterocycles. The van der Waals surface area contributed by atoms with Crippen molar-refractivity contribution >= 4 is 21.8 Å². The molecule has 2 bridgehead atoms. The number of hydrogen-bond donors (Lipinski definition) is 1. The van der Waals surface area contributed by atoms with E-state index in [-0.39, 0.29) is 11.9 Å². The van der Waals surface area contributed by atoms with Crippen LogP contribution in [0.15, 0.2) is 10.7 Å². The number of carbonyl (C=O) groups excluding carboxylic acids is 1. The topological polar surface area (TPSA) is 46.9 Å². The number of rotatable bonds is 3. The first-order valence-electron chi connectivity index (χ1n) is 7.04. The molecule has 3 rings (SSSR count). The van der Waals surface area contributed by atoms with Gasteiger partial charge >= 0.3 is 0 Å². The SMILES string of the molecule is C[C@H](NC(=O)c1c(Br)cnn1C)[C@@H]1C[C@@H]2CC[C@@H]1C2. The van der Waals surface area contributed by atoms with E-state index in [0.29, 0.717) is 11.6 Å². The molecule has 1 heterocycles. The van der Waals surface area contributed by atoms with Crippen molar-refractivity contribution in [3.05, 3.63) is 16.4 Å². The lowest BCUT2D eigenvalue weighted by Gasteiger charge is -2.28. The maximum atomic E-state index is 12.3. The van der Waals surface area contributed by atoms with Crippen LogP contribution in [-0.2, 0) is 7.05 Å². The number of aryl methyl sites for hydroxylation is 1. The Morgan fingerprint density at radius 2 is 2.32 bits per heavy atom. The van der Waals surface area contributed by atoms with Crippen molar-refractivity contribution in [1.82, 2.24) is 15.1 Å². The van der Waals surface area contributed by atoms with Crippen LogP contribution in [0.1, 0.15) is 43.1 Å². The molecule has 1 amide bonds. The maximum absolute atomic E-state index is 12.3. The van der Waals surface area contributed by atoms with Crippen molar-refractivity contribution in [3.63, 3.8) is 0 Å². The van der Waals surface area contributed by atoms with Gasteiger partial charge < -0.3 is 5.32 Å². The van der Waals surface area contributed by atoms with E-state index in [1.165, 1.54) is 25.7 Å². The van der Waals surface area contributed by atoms with Crippen molar-refractivity contribution in [1.29, 1.82) is 0 Å². The standard InChI is InChI=1S/C14H20BrN3O/c1-8(11-6-9-3-4-10(11)5-9)17-14(19)13-12(15)7-16-18(13)2/h7-11H,3-6H2,1-2H3,(H,17,19)/t8-,9+,10+,11-/m0/s1. The summed E-state index contributed by atoms with van der Waals surface area (Å²) in [6.45, 7) is 2.15. The summed E-state index contributed by atoms with van der Waals surface area (Å²) in [5.74, 6) is 2.38. The van der Waals surface area contributed by atoms with E-state index in [1.807, 2.05) is 0 Å². The predicted octanol–water partition coefficient (Wildman–Crippen LogP) is 2.74. The molecule has 2 aliphatic carbocycles. The highest BCUT2D eigenvalue weighted by atomic mass is 79.9. The summed E-state index contributed by atoms with van der Waals surface area (Å²) in [5.41, 5.74) is 0.606. The van der Waals surface area contributed by atoms with Gasteiger partial charge in [-0.25, -0.2) is 0 Å². The Morgan fingerprint density at radius 1 is 1.53 bits per heavy atom. The van der Waals surface area contributed by atoms with Crippen molar-refractivity contribution < 1.29 is 4.79 Å². The fourth-order valence-corrected chi connectivity index (χ4v) is 4.48. The summed E-state index contributed by atoms with van der Waals surface area (Å²) in [5, 5.41) is 7.25. The number of carbonyl (C=O) groups is 1. The molecule has 1 aromatic rings. The van der Waals surface area contributed by atoms with Gasteiger partial charge in [0.15, 0.2) is 0 Å². The molecule has 4 atom stereocenters. The zero-order valence-electron chi connectivity index (χ0n) is 11.4. The van der Waals surface area contributed by atoms with Crippen molar-refractivity contribution in [2.75, 3.05) is 0 Å². The van der Waals surface area contributed by atoms with Crippen LogP contribution in [0.2, 0.25) is 0 Å².